The highest BCUT2D eigenvalue weighted by atomic mass is 32.2. The van der Waals surface area contributed by atoms with Gasteiger partial charge in [-0.3, -0.25) is 0 Å². The van der Waals surface area contributed by atoms with Crippen LogP contribution in [0.3, 0.4) is 0 Å². The fourth-order valence-electron chi connectivity index (χ4n) is 4.58. The summed E-state index contributed by atoms with van der Waals surface area (Å²) in [6.07, 6.45) is 5.42. The van der Waals surface area contributed by atoms with E-state index in [9.17, 15) is 13.2 Å². The van der Waals surface area contributed by atoms with Crippen molar-refractivity contribution >= 4 is 16.1 Å². The van der Waals surface area contributed by atoms with Crippen LogP contribution in [-0.4, -0.2) is 38.6 Å². The molecule has 1 saturated heterocycles. The van der Waals surface area contributed by atoms with Crippen LogP contribution in [0.4, 0.5) is 4.79 Å². The van der Waals surface area contributed by atoms with Crippen molar-refractivity contribution in [2.24, 2.45) is 0 Å². The van der Waals surface area contributed by atoms with E-state index in [1.54, 1.807) is 24.3 Å². The van der Waals surface area contributed by atoms with Crippen LogP contribution >= 0.6 is 0 Å². The largest absolute Gasteiger partial charge is 0.335 e. The molecule has 1 aliphatic heterocycles. The first kappa shape index (κ1) is 22.8. The van der Waals surface area contributed by atoms with Crippen LogP contribution in [0.2, 0.25) is 0 Å². The van der Waals surface area contributed by atoms with Crippen LogP contribution in [0.1, 0.15) is 49.7 Å². The van der Waals surface area contributed by atoms with Gasteiger partial charge < -0.3 is 10.6 Å². The average molecular weight is 458 g/mol. The van der Waals surface area contributed by atoms with Gasteiger partial charge in [-0.25, -0.2) is 4.79 Å². The van der Waals surface area contributed by atoms with E-state index in [2.05, 4.69) is 10.6 Å². The first-order valence-corrected chi connectivity index (χ1v) is 12.7. The maximum absolute atomic E-state index is 12.8. The topological polar surface area (TPSA) is 87.7 Å². The van der Waals surface area contributed by atoms with E-state index in [-0.39, 0.29) is 17.0 Å². The minimum Gasteiger partial charge on any atom is -0.335 e. The predicted octanol–water partition coefficient (Wildman–Crippen LogP) is 3.85. The fraction of sp³-hybridized carbons (Fsp3) is 0.458. The summed E-state index contributed by atoms with van der Waals surface area (Å²) in [6, 6.07) is 16.5. The first-order valence-electron chi connectivity index (χ1n) is 11.3. The van der Waals surface area contributed by atoms with E-state index in [1.807, 2.05) is 37.3 Å². The Balaban J connectivity index is 1.45. The maximum atomic E-state index is 12.8. The summed E-state index contributed by atoms with van der Waals surface area (Å²) in [5.74, 6) is 0. The molecule has 1 aliphatic carbocycles. The smallest absolute Gasteiger partial charge is 0.315 e. The molecule has 1 heterocycles. The van der Waals surface area contributed by atoms with Gasteiger partial charge in [-0.2, -0.15) is 17.8 Å². The summed E-state index contributed by atoms with van der Waals surface area (Å²) < 4.78 is 30.8. The molecule has 1 saturated carbocycles. The van der Waals surface area contributed by atoms with E-state index in [4.69, 9.17) is 4.28 Å². The van der Waals surface area contributed by atoms with Crippen molar-refractivity contribution in [3.63, 3.8) is 0 Å². The van der Waals surface area contributed by atoms with Gasteiger partial charge in [-0.1, -0.05) is 60.9 Å². The summed E-state index contributed by atoms with van der Waals surface area (Å²) in [5.41, 5.74) is 1.43. The third kappa shape index (κ3) is 5.31. The monoisotopic (exact) mass is 457 g/mol. The average Bonchev–Trinajstić information content (AvgIpc) is 3.29. The summed E-state index contributed by atoms with van der Waals surface area (Å²) >= 11 is 0. The molecule has 32 heavy (non-hydrogen) atoms. The third-order valence-corrected chi connectivity index (χ3v) is 7.72. The lowest BCUT2D eigenvalue weighted by Gasteiger charge is -2.42. The van der Waals surface area contributed by atoms with Crippen molar-refractivity contribution in [1.82, 2.24) is 15.7 Å². The SMILES string of the molecule is Cc1ccc(S(=O)(=O)ON2CCC(NC(=O)NC3CCCC3)(c3ccccc3)CC2)cc1. The van der Waals surface area contributed by atoms with E-state index in [1.165, 1.54) is 5.06 Å². The van der Waals surface area contributed by atoms with Gasteiger partial charge in [-0.05, 0) is 50.3 Å². The van der Waals surface area contributed by atoms with E-state index >= 15 is 0 Å². The Morgan fingerprint density at radius 1 is 1.00 bits per heavy atom. The standard InChI is InChI=1S/C24H31N3O4S/c1-19-11-13-22(14-12-19)32(29,30)31-27-17-15-24(16-18-27,20-7-3-2-4-8-20)26-23(28)25-21-9-5-6-10-21/h2-4,7-8,11-14,21H,5-6,9-10,15-18H2,1H3,(H2,25,26,28). The molecule has 0 unspecified atom stereocenters. The highest BCUT2D eigenvalue weighted by Crippen LogP contribution is 2.34. The molecule has 0 radical (unpaired) electrons. The van der Waals surface area contributed by atoms with E-state index in [0.29, 0.717) is 25.9 Å². The second kappa shape index (κ2) is 9.60. The molecule has 0 atom stereocenters. The number of rotatable bonds is 6. The molecule has 2 aromatic carbocycles. The predicted molar refractivity (Wildman–Crippen MR) is 122 cm³/mol. The van der Waals surface area contributed by atoms with Gasteiger partial charge in [0, 0.05) is 19.1 Å². The Labute approximate surface area is 190 Å². The summed E-state index contributed by atoms with van der Waals surface area (Å²) in [4.78, 5) is 12.9. The molecule has 0 spiro atoms. The number of amides is 2. The van der Waals surface area contributed by atoms with Crippen molar-refractivity contribution in [1.29, 1.82) is 0 Å². The molecule has 7 nitrogen and oxygen atoms in total. The molecular formula is C24H31N3O4S. The number of nitrogens with zero attached hydrogens (tertiary/aromatic N) is 1. The minimum atomic E-state index is -3.89. The summed E-state index contributed by atoms with van der Waals surface area (Å²) in [5, 5.41) is 7.80. The third-order valence-electron chi connectivity index (χ3n) is 6.46. The number of hydrogen-bond acceptors (Lipinski definition) is 5. The van der Waals surface area contributed by atoms with Crippen molar-refractivity contribution in [2.45, 2.75) is 61.9 Å². The van der Waals surface area contributed by atoms with Gasteiger partial charge in [0.1, 0.15) is 0 Å². The second-order valence-electron chi connectivity index (χ2n) is 8.80. The minimum absolute atomic E-state index is 0.136. The number of carbonyl (C=O) groups excluding carboxylic acids is 1. The number of hydrogen-bond donors (Lipinski definition) is 2. The van der Waals surface area contributed by atoms with Crippen LogP contribution in [0, 0.1) is 6.92 Å². The quantitative estimate of drug-likeness (QED) is 0.688. The lowest BCUT2D eigenvalue weighted by atomic mass is 9.81. The normalized spacial score (nSPS) is 19.5. The molecule has 4 rings (SSSR count). The lowest BCUT2D eigenvalue weighted by molar-refractivity contribution is -0.0831. The molecule has 2 amide bonds. The van der Waals surface area contributed by atoms with Crippen molar-refractivity contribution in [3.8, 4) is 0 Å². The number of carbonyl (C=O) groups is 1. The number of hydroxylamine groups is 2. The van der Waals surface area contributed by atoms with Crippen LogP contribution in [-0.2, 0) is 19.9 Å². The van der Waals surface area contributed by atoms with Crippen molar-refractivity contribution in [2.75, 3.05) is 13.1 Å². The first-order chi connectivity index (χ1) is 15.4. The molecule has 2 fully saturated rings. The molecule has 0 bridgehead atoms. The van der Waals surface area contributed by atoms with Crippen LogP contribution in [0.5, 0.6) is 0 Å². The zero-order chi connectivity index (χ0) is 22.6. The highest BCUT2D eigenvalue weighted by Gasteiger charge is 2.39. The van der Waals surface area contributed by atoms with Gasteiger partial charge in [-0.15, -0.1) is 0 Å². The Morgan fingerprint density at radius 2 is 1.62 bits per heavy atom. The van der Waals surface area contributed by atoms with Crippen molar-refractivity contribution < 1.29 is 17.5 Å². The fourth-order valence-corrected chi connectivity index (χ4v) is 5.56. The Kier molecular flexibility index (Phi) is 6.83. The molecule has 0 aromatic heterocycles. The highest BCUT2D eigenvalue weighted by molar-refractivity contribution is 7.86. The molecule has 172 valence electrons. The second-order valence-corrected chi connectivity index (χ2v) is 10.3. The van der Waals surface area contributed by atoms with Gasteiger partial charge in [0.25, 0.3) is 0 Å². The Hall–Kier alpha value is -2.42. The van der Waals surface area contributed by atoms with Crippen LogP contribution in [0.25, 0.3) is 0 Å². The van der Waals surface area contributed by atoms with Gasteiger partial charge in [0.15, 0.2) is 0 Å². The van der Waals surface area contributed by atoms with Crippen LogP contribution < -0.4 is 10.6 Å². The Bertz CT molecular complexity index is 1010. The summed E-state index contributed by atoms with van der Waals surface area (Å²) in [7, 11) is -3.89. The number of nitrogens with one attached hydrogen (secondary N) is 2. The molecular weight excluding hydrogens is 426 g/mol. The van der Waals surface area contributed by atoms with Gasteiger partial charge >= 0.3 is 16.1 Å². The maximum Gasteiger partial charge on any atom is 0.315 e. The number of urea groups is 1. The lowest BCUT2D eigenvalue weighted by Crippen LogP contribution is -2.56. The summed E-state index contributed by atoms with van der Waals surface area (Å²) in [6.45, 7) is 2.66. The molecule has 2 aliphatic rings. The Morgan fingerprint density at radius 3 is 2.25 bits per heavy atom. The number of benzene rings is 2. The van der Waals surface area contributed by atoms with Crippen LogP contribution in [0.15, 0.2) is 59.5 Å². The number of aryl methyl sites for hydroxylation is 1. The molecule has 2 aromatic rings. The van der Waals surface area contributed by atoms with Crippen molar-refractivity contribution in [3.05, 3.63) is 65.7 Å². The van der Waals surface area contributed by atoms with E-state index < -0.39 is 15.7 Å². The zero-order valence-electron chi connectivity index (χ0n) is 18.4. The molecule has 8 heteroatoms. The zero-order valence-corrected chi connectivity index (χ0v) is 19.2. The number of piperidine rings is 1. The van der Waals surface area contributed by atoms with Gasteiger partial charge in [0.05, 0.1) is 10.4 Å². The van der Waals surface area contributed by atoms with Gasteiger partial charge in [0.2, 0.25) is 0 Å². The molecule has 2 N–H and O–H groups in total. The van der Waals surface area contributed by atoms with E-state index in [0.717, 1.165) is 36.8 Å².